The fourth-order valence-electron chi connectivity index (χ4n) is 1.46. The summed E-state index contributed by atoms with van der Waals surface area (Å²) in [4.78, 5) is 4.59. The zero-order valence-electron chi connectivity index (χ0n) is 9.79. The summed E-state index contributed by atoms with van der Waals surface area (Å²) in [7, 11) is 0. The summed E-state index contributed by atoms with van der Waals surface area (Å²) in [5.41, 5.74) is 0. The molecule has 0 spiro atoms. The van der Waals surface area contributed by atoms with E-state index in [4.69, 9.17) is 0 Å². The second-order valence-corrected chi connectivity index (χ2v) is 5.99. The van der Waals surface area contributed by atoms with Crippen LogP contribution in [0.2, 0.25) is 0 Å². The lowest BCUT2D eigenvalue weighted by Crippen LogP contribution is -2.35. The monoisotopic (exact) mass is 246 g/mol. The van der Waals surface area contributed by atoms with Crippen LogP contribution in [0.3, 0.4) is 0 Å². The molecule has 1 aliphatic heterocycles. The van der Waals surface area contributed by atoms with Crippen molar-refractivity contribution in [2.24, 2.45) is 4.99 Å². The maximum absolute atomic E-state index is 4.59. The van der Waals surface area contributed by atoms with Crippen LogP contribution in [-0.2, 0) is 0 Å². The van der Waals surface area contributed by atoms with Gasteiger partial charge in [0.05, 0.1) is 0 Å². The topological polar surface area (TPSA) is 24.4 Å². The predicted octanol–water partition coefficient (Wildman–Crippen LogP) is 2.99. The van der Waals surface area contributed by atoms with Gasteiger partial charge in [0.2, 0.25) is 0 Å². The van der Waals surface area contributed by atoms with E-state index >= 15 is 0 Å². The highest BCUT2D eigenvalue weighted by atomic mass is 32.2. The van der Waals surface area contributed by atoms with E-state index in [-0.39, 0.29) is 0 Å². The first kappa shape index (κ1) is 13.2. The van der Waals surface area contributed by atoms with Gasteiger partial charge in [-0.3, -0.25) is 4.99 Å². The molecule has 15 heavy (non-hydrogen) atoms. The van der Waals surface area contributed by atoms with Crippen LogP contribution in [0.15, 0.2) is 4.99 Å². The molecule has 1 fully saturated rings. The number of rotatable bonds is 6. The summed E-state index contributed by atoms with van der Waals surface area (Å²) < 4.78 is 0. The van der Waals surface area contributed by atoms with E-state index in [1.54, 1.807) is 0 Å². The van der Waals surface area contributed by atoms with E-state index in [1.165, 1.54) is 42.4 Å². The number of unbranched alkanes of at least 4 members (excludes halogenated alkanes) is 2. The van der Waals surface area contributed by atoms with Crippen LogP contribution in [0, 0.1) is 0 Å². The molecule has 2 nitrogen and oxygen atoms in total. The average Bonchev–Trinajstić information content (AvgIpc) is 2.23. The standard InChI is InChI=1S/C11H22N2S2/c1-10-6-9-15-11(13-10)12-7-4-3-5-8-14-2/h10H,3-9H2,1-2H3,(H,12,13). The number of thioether (sulfide) groups is 2. The molecule has 0 amide bonds. The lowest BCUT2D eigenvalue weighted by atomic mass is 10.2. The number of nitrogens with one attached hydrogen (secondary N) is 1. The molecule has 4 heteroatoms. The summed E-state index contributed by atoms with van der Waals surface area (Å²) in [6, 6.07) is 0.612. The maximum Gasteiger partial charge on any atom is 0.156 e. The zero-order valence-corrected chi connectivity index (χ0v) is 11.4. The Morgan fingerprint density at radius 2 is 2.33 bits per heavy atom. The highest BCUT2D eigenvalue weighted by Crippen LogP contribution is 2.13. The molecular formula is C11H22N2S2. The quantitative estimate of drug-likeness (QED) is 0.729. The van der Waals surface area contributed by atoms with Crippen molar-refractivity contribution < 1.29 is 0 Å². The van der Waals surface area contributed by atoms with Crippen LogP contribution < -0.4 is 5.32 Å². The fourth-order valence-corrected chi connectivity index (χ4v) is 3.09. The molecule has 1 heterocycles. The summed E-state index contributed by atoms with van der Waals surface area (Å²) in [5.74, 6) is 2.51. The van der Waals surface area contributed by atoms with Crippen molar-refractivity contribution in [1.29, 1.82) is 0 Å². The van der Waals surface area contributed by atoms with Gasteiger partial charge in [0.25, 0.3) is 0 Å². The van der Waals surface area contributed by atoms with Gasteiger partial charge in [-0.1, -0.05) is 18.2 Å². The highest BCUT2D eigenvalue weighted by Gasteiger charge is 2.11. The summed E-state index contributed by atoms with van der Waals surface area (Å²) in [6.45, 7) is 3.23. The van der Waals surface area contributed by atoms with E-state index in [0.717, 1.165) is 6.54 Å². The molecule has 1 saturated heterocycles. The summed E-state index contributed by atoms with van der Waals surface area (Å²) in [6.07, 6.45) is 7.32. The second kappa shape index (κ2) is 8.34. The van der Waals surface area contributed by atoms with Crippen molar-refractivity contribution >= 4 is 28.7 Å². The Kier molecular flexibility index (Phi) is 7.36. The van der Waals surface area contributed by atoms with Crippen molar-refractivity contribution in [2.75, 3.05) is 24.3 Å². The zero-order chi connectivity index (χ0) is 10.9. The Balaban J connectivity index is 2.04. The lowest BCUT2D eigenvalue weighted by Gasteiger charge is -2.21. The molecule has 0 saturated carbocycles. The molecule has 1 unspecified atom stereocenters. The molecule has 0 radical (unpaired) electrons. The number of aliphatic imine (C=N–C) groups is 1. The molecule has 1 rings (SSSR count). The molecule has 0 aromatic rings. The van der Waals surface area contributed by atoms with Crippen molar-refractivity contribution in [2.45, 2.75) is 38.6 Å². The predicted molar refractivity (Wildman–Crippen MR) is 74.2 cm³/mol. The highest BCUT2D eigenvalue weighted by molar-refractivity contribution is 8.13. The number of nitrogens with zero attached hydrogens (tertiary/aromatic N) is 1. The van der Waals surface area contributed by atoms with Crippen LogP contribution in [0.1, 0.15) is 32.6 Å². The Labute approximate surface area is 102 Å². The second-order valence-electron chi connectivity index (χ2n) is 3.92. The third-order valence-electron chi connectivity index (χ3n) is 2.42. The van der Waals surface area contributed by atoms with Crippen molar-refractivity contribution in [3.63, 3.8) is 0 Å². The molecule has 0 aliphatic carbocycles. The van der Waals surface area contributed by atoms with Crippen LogP contribution in [-0.4, -0.2) is 35.5 Å². The van der Waals surface area contributed by atoms with Gasteiger partial charge in [0.1, 0.15) is 0 Å². The minimum absolute atomic E-state index is 0.612. The fraction of sp³-hybridized carbons (Fsp3) is 0.909. The average molecular weight is 246 g/mol. The Bertz CT molecular complexity index is 195. The Morgan fingerprint density at radius 1 is 1.47 bits per heavy atom. The normalized spacial score (nSPS) is 24.1. The summed E-state index contributed by atoms with van der Waals surface area (Å²) in [5, 5.41) is 4.59. The van der Waals surface area contributed by atoms with Gasteiger partial charge in [0, 0.05) is 18.3 Å². The molecule has 0 bridgehead atoms. The number of hydrogen-bond acceptors (Lipinski definition) is 3. The van der Waals surface area contributed by atoms with Gasteiger partial charge in [0.15, 0.2) is 5.17 Å². The van der Waals surface area contributed by atoms with E-state index in [2.05, 4.69) is 23.5 Å². The van der Waals surface area contributed by atoms with Crippen molar-refractivity contribution in [3.05, 3.63) is 0 Å². The van der Waals surface area contributed by atoms with Crippen LogP contribution >= 0.6 is 23.5 Å². The van der Waals surface area contributed by atoms with E-state index in [0.29, 0.717) is 6.04 Å². The summed E-state index contributed by atoms with van der Waals surface area (Å²) >= 11 is 3.81. The number of amidine groups is 1. The van der Waals surface area contributed by atoms with E-state index in [1.807, 2.05) is 23.5 Å². The van der Waals surface area contributed by atoms with Gasteiger partial charge < -0.3 is 5.32 Å². The SMILES string of the molecule is CSCCCCCN=C1NC(C)CCS1. The molecule has 1 atom stereocenters. The van der Waals surface area contributed by atoms with Crippen LogP contribution in [0.25, 0.3) is 0 Å². The molecule has 0 aromatic heterocycles. The molecular weight excluding hydrogens is 224 g/mol. The first-order valence-corrected chi connectivity index (χ1v) is 8.13. The molecule has 1 N–H and O–H groups in total. The van der Waals surface area contributed by atoms with E-state index < -0.39 is 0 Å². The minimum atomic E-state index is 0.612. The molecule has 88 valence electrons. The van der Waals surface area contributed by atoms with Gasteiger partial charge in [-0.25, -0.2) is 0 Å². The minimum Gasteiger partial charge on any atom is -0.362 e. The number of hydrogen-bond donors (Lipinski definition) is 1. The lowest BCUT2D eigenvalue weighted by molar-refractivity contribution is 0.640. The van der Waals surface area contributed by atoms with Crippen LogP contribution in [0.4, 0.5) is 0 Å². The smallest absolute Gasteiger partial charge is 0.156 e. The van der Waals surface area contributed by atoms with Gasteiger partial charge in [-0.15, -0.1) is 0 Å². The van der Waals surface area contributed by atoms with Crippen molar-refractivity contribution in [1.82, 2.24) is 5.32 Å². The Hall–Kier alpha value is 0.170. The Morgan fingerprint density at radius 3 is 3.07 bits per heavy atom. The molecule has 0 aromatic carbocycles. The maximum atomic E-state index is 4.59. The third-order valence-corrected chi connectivity index (χ3v) is 4.08. The van der Waals surface area contributed by atoms with Gasteiger partial charge >= 0.3 is 0 Å². The van der Waals surface area contributed by atoms with E-state index in [9.17, 15) is 0 Å². The van der Waals surface area contributed by atoms with Crippen LogP contribution in [0.5, 0.6) is 0 Å². The first-order chi connectivity index (χ1) is 7.33. The largest absolute Gasteiger partial charge is 0.362 e. The van der Waals surface area contributed by atoms with Crippen molar-refractivity contribution in [3.8, 4) is 0 Å². The van der Waals surface area contributed by atoms with Gasteiger partial charge in [-0.2, -0.15) is 11.8 Å². The third kappa shape index (κ3) is 6.36. The van der Waals surface area contributed by atoms with Gasteiger partial charge in [-0.05, 0) is 38.2 Å². The first-order valence-electron chi connectivity index (χ1n) is 5.75. The molecule has 1 aliphatic rings.